The fourth-order valence-electron chi connectivity index (χ4n) is 2.97. The van der Waals surface area contributed by atoms with Crippen LogP contribution in [0.4, 0.5) is 0 Å². The summed E-state index contributed by atoms with van der Waals surface area (Å²) >= 11 is 0. The number of unbranched alkanes of at least 4 members (excludes halogenated alkanes) is 4. The maximum Gasteiger partial charge on any atom is 0.504 e. The maximum absolute atomic E-state index is 12.9. The Balaban J connectivity index is 2.19. The van der Waals surface area contributed by atoms with Gasteiger partial charge in [-0.3, -0.25) is 0 Å². The molecular formula is C23H30N2O6S2. The molecule has 0 aromatic heterocycles. The van der Waals surface area contributed by atoms with Gasteiger partial charge in [-0.05, 0) is 61.4 Å². The highest BCUT2D eigenvalue weighted by atomic mass is 32.3. The van der Waals surface area contributed by atoms with Crippen molar-refractivity contribution in [1.29, 1.82) is 0 Å². The summed E-state index contributed by atoms with van der Waals surface area (Å²) in [6, 6.07) is 10.6. The number of ether oxygens (including phenoxy) is 2. The molecule has 0 aliphatic rings. The van der Waals surface area contributed by atoms with Crippen LogP contribution in [0.1, 0.15) is 52.4 Å². The van der Waals surface area contributed by atoms with Crippen LogP contribution in [0.5, 0.6) is 11.5 Å². The van der Waals surface area contributed by atoms with Gasteiger partial charge < -0.3 is 15.0 Å². The first-order valence-electron chi connectivity index (χ1n) is 10.9. The maximum atomic E-state index is 12.9. The second kappa shape index (κ2) is 12.5. The summed E-state index contributed by atoms with van der Waals surface area (Å²) in [5.74, 6) is 0.926. The summed E-state index contributed by atoms with van der Waals surface area (Å²) in [6.07, 6.45) is 5.89. The van der Waals surface area contributed by atoms with Crippen molar-refractivity contribution in [3.05, 3.63) is 54.1 Å². The van der Waals surface area contributed by atoms with Gasteiger partial charge in [0.25, 0.3) is 19.7 Å². The van der Waals surface area contributed by atoms with Crippen LogP contribution >= 0.6 is 0 Å². The van der Waals surface area contributed by atoms with Crippen LogP contribution in [0.2, 0.25) is 0 Å². The zero-order chi connectivity index (χ0) is 24.3. The summed E-state index contributed by atoms with van der Waals surface area (Å²) in [7, 11) is -9.22. The molecule has 0 bridgehead atoms. The molecule has 8 nitrogen and oxygen atoms in total. The van der Waals surface area contributed by atoms with Gasteiger partial charge in [0.1, 0.15) is 11.5 Å². The topological polar surface area (TPSA) is 123 Å². The number of hydrogen-bond donors (Lipinski definition) is 0. The number of nitrogens with zero attached hydrogens (tertiary/aromatic N) is 2. The van der Waals surface area contributed by atoms with Crippen LogP contribution in [0, 0.1) is 0 Å². The van der Waals surface area contributed by atoms with Gasteiger partial charge in [0.15, 0.2) is 0 Å². The normalized spacial score (nSPS) is 11.6. The van der Waals surface area contributed by atoms with Gasteiger partial charge in [0.2, 0.25) is 0 Å². The first-order chi connectivity index (χ1) is 15.8. The van der Waals surface area contributed by atoms with Gasteiger partial charge >= 0.3 is 4.38 Å². The third kappa shape index (κ3) is 7.15. The third-order valence-corrected chi connectivity index (χ3v) is 9.03. The van der Waals surface area contributed by atoms with E-state index in [0.29, 0.717) is 24.7 Å². The van der Waals surface area contributed by atoms with Crippen LogP contribution in [-0.4, -0.2) is 39.2 Å². The first-order valence-corrected chi connectivity index (χ1v) is 13.9. The van der Waals surface area contributed by atoms with Crippen LogP contribution in [0.15, 0.2) is 58.3 Å². The standard InChI is InChI=1S/C23H30N2O6S2/c1-3-5-7-17-30-19-9-13-21(14-10-19)32(26,27)23(25-24)33(28,29)22-15-11-20(12-16-22)31-18-8-6-4-2/h9-16H,3-8,17-18H2,1-2H3. The lowest BCUT2D eigenvalue weighted by molar-refractivity contribution is 0.00380. The van der Waals surface area contributed by atoms with Gasteiger partial charge in [0.05, 0.1) is 23.0 Å². The minimum absolute atomic E-state index is 0.323. The van der Waals surface area contributed by atoms with E-state index in [1.165, 1.54) is 48.5 Å². The quantitative estimate of drug-likeness (QED) is 0.139. The minimum Gasteiger partial charge on any atom is -0.494 e. The summed E-state index contributed by atoms with van der Waals surface area (Å²) in [6.45, 7) is 5.14. The second-order valence-electron chi connectivity index (χ2n) is 7.43. The zero-order valence-electron chi connectivity index (χ0n) is 18.9. The largest absolute Gasteiger partial charge is 0.504 e. The van der Waals surface area contributed by atoms with E-state index >= 15 is 0 Å². The molecule has 0 N–H and O–H groups in total. The Bertz CT molecular complexity index is 1060. The molecule has 2 aromatic rings. The third-order valence-electron chi connectivity index (χ3n) is 4.84. The molecule has 0 heterocycles. The van der Waals surface area contributed by atoms with Gasteiger partial charge in [-0.25, -0.2) is 16.8 Å². The molecular weight excluding hydrogens is 464 g/mol. The Morgan fingerprint density at radius 2 is 1.06 bits per heavy atom. The molecule has 0 aliphatic heterocycles. The van der Waals surface area contributed by atoms with Crippen molar-refractivity contribution in [2.75, 3.05) is 13.2 Å². The fraction of sp³-hybridized carbons (Fsp3) is 0.435. The molecule has 0 atom stereocenters. The Morgan fingerprint density at radius 3 is 1.36 bits per heavy atom. The van der Waals surface area contributed by atoms with Gasteiger partial charge in [0, 0.05) is 0 Å². The molecule has 2 aromatic carbocycles. The Morgan fingerprint density at radius 1 is 0.697 bits per heavy atom. The van der Waals surface area contributed by atoms with E-state index in [1.807, 2.05) is 0 Å². The van der Waals surface area contributed by atoms with E-state index in [2.05, 4.69) is 18.6 Å². The summed E-state index contributed by atoms with van der Waals surface area (Å²) in [4.78, 5) is 2.00. The average Bonchev–Trinajstić information content (AvgIpc) is 2.80. The monoisotopic (exact) mass is 494 g/mol. The number of hydrogen-bond acceptors (Lipinski definition) is 6. The lowest BCUT2D eigenvalue weighted by Crippen LogP contribution is -2.26. The molecule has 0 unspecified atom stereocenters. The van der Waals surface area contributed by atoms with Crippen molar-refractivity contribution >= 4 is 24.1 Å². The smallest absolute Gasteiger partial charge is 0.494 e. The van der Waals surface area contributed by atoms with Crippen molar-refractivity contribution in [3.8, 4) is 11.5 Å². The predicted octanol–water partition coefficient (Wildman–Crippen LogP) is 4.66. The molecule has 2 rings (SSSR count). The predicted molar refractivity (Wildman–Crippen MR) is 126 cm³/mol. The first kappa shape index (κ1) is 26.6. The SMILES string of the molecule is CCCCCOc1ccc(S(=O)(=O)C(=[N+]=[N-])S(=O)(=O)c2ccc(OCCCCC)cc2)cc1. The molecule has 0 saturated heterocycles. The van der Waals surface area contributed by atoms with Crippen molar-refractivity contribution in [2.45, 2.75) is 62.2 Å². The highest BCUT2D eigenvalue weighted by Gasteiger charge is 2.44. The molecule has 180 valence electrons. The van der Waals surface area contributed by atoms with E-state index in [1.54, 1.807) is 0 Å². The summed E-state index contributed by atoms with van der Waals surface area (Å²) in [5.41, 5.74) is 9.34. The highest BCUT2D eigenvalue weighted by molar-refractivity contribution is 8.31. The zero-order valence-corrected chi connectivity index (χ0v) is 20.6. The minimum atomic E-state index is -4.61. The average molecular weight is 495 g/mol. The Labute approximate surface area is 196 Å². The summed E-state index contributed by atoms with van der Waals surface area (Å²) in [5, 5.41) is 0. The molecule has 0 spiro atoms. The van der Waals surface area contributed by atoms with Gasteiger partial charge in [-0.2, -0.15) is 0 Å². The molecule has 0 fully saturated rings. The van der Waals surface area contributed by atoms with Crippen LogP contribution in [0.3, 0.4) is 0 Å². The van der Waals surface area contributed by atoms with Crippen LogP contribution in [0.25, 0.3) is 5.53 Å². The van der Waals surface area contributed by atoms with Crippen LogP contribution < -0.4 is 9.47 Å². The number of rotatable bonds is 12. The van der Waals surface area contributed by atoms with E-state index < -0.39 is 24.1 Å². The van der Waals surface area contributed by atoms with E-state index in [-0.39, 0.29) is 9.79 Å². The highest BCUT2D eigenvalue weighted by Crippen LogP contribution is 2.24. The Hall–Kier alpha value is -2.68. The molecule has 33 heavy (non-hydrogen) atoms. The number of sulfone groups is 2. The molecule has 0 aliphatic carbocycles. The van der Waals surface area contributed by atoms with E-state index in [0.717, 1.165) is 38.5 Å². The van der Waals surface area contributed by atoms with E-state index in [9.17, 15) is 22.4 Å². The Kier molecular flexibility index (Phi) is 10.1. The van der Waals surface area contributed by atoms with Gasteiger partial charge in [-0.15, -0.1) is 4.79 Å². The lowest BCUT2D eigenvalue weighted by Gasteiger charge is -2.08. The van der Waals surface area contributed by atoms with Crippen molar-refractivity contribution in [3.63, 3.8) is 0 Å². The van der Waals surface area contributed by atoms with Gasteiger partial charge in [-0.1, -0.05) is 39.5 Å². The summed E-state index contributed by atoms with van der Waals surface area (Å²) < 4.78 is 61.5. The molecule has 0 amide bonds. The van der Waals surface area contributed by atoms with Crippen molar-refractivity contribution < 1.29 is 31.1 Å². The van der Waals surface area contributed by atoms with Crippen molar-refractivity contribution in [2.24, 2.45) is 0 Å². The van der Waals surface area contributed by atoms with Crippen LogP contribution in [-0.2, 0) is 19.7 Å². The van der Waals surface area contributed by atoms with E-state index in [4.69, 9.17) is 9.47 Å². The van der Waals surface area contributed by atoms with Crippen molar-refractivity contribution in [1.82, 2.24) is 0 Å². The second-order valence-corrected chi connectivity index (χ2v) is 11.4. The number of benzene rings is 2. The molecule has 10 heteroatoms. The molecule has 0 saturated carbocycles. The molecule has 0 radical (unpaired) electrons. The lowest BCUT2D eigenvalue weighted by atomic mass is 10.3. The fourth-order valence-corrected chi connectivity index (χ4v) is 6.31.